The van der Waals surface area contributed by atoms with Crippen LogP contribution >= 0.6 is 0 Å². The van der Waals surface area contributed by atoms with Crippen LogP contribution < -0.4 is 0 Å². The summed E-state index contributed by atoms with van der Waals surface area (Å²) in [5, 5.41) is 0. The summed E-state index contributed by atoms with van der Waals surface area (Å²) >= 11 is 0. The van der Waals surface area contributed by atoms with Crippen molar-refractivity contribution in [1.29, 1.82) is 0 Å². The molecule has 0 saturated carbocycles. The van der Waals surface area contributed by atoms with Crippen molar-refractivity contribution >= 4 is 11.6 Å². The van der Waals surface area contributed by atoms with E-state index in [1.165, 1.54) is 0 Å². The molecule has 12 heavy (non-hydrogen) atoms. The van der Waals surface area contributed by atoms with Crippen molar-refractivity contribution in [3.8, 4) is 0 Å². The highest BCUT2D eigenvalue weighted by Crippen LogP contribution is 2.06. The van der Waals surface area contributed by atoms with Crippen molar-refractivity contribution in [2.24, 2.45) is 5.92 Å². The number of hydrogen-bond acceptors (Lipinski definition) is 2. The number of rotatable bonds is 6. The van der Waals surface area contributed by atoms with Crippen molar-refractivity contribution in [3.63, 3.8) is 0 Å². The molecule has 70 valence electrons. The Morgan fingerprint density at radius 2 is 1.75 bits per heavy atom. The molecule has 0 rings (SSSR count). The molecule has 0 aliphatic heterocycles. The Labute approximate surface area is 74.3 Å². The fraction of sp³-hybridized carbons (Fsp3) is 0.800. The van der Waals surface area contributed by atoms with Crippen LogP contribution in [0, 0.1) is 5.92 Å². The van der Waals surface area contributed by atoms with Gasteiger partial charge in [-0.25, -0.2) is 0 Å². The van der Waals surface area contributed by atoms with E-state index in [0.29, 0.717) is 25.2 Å². The molecule has 0 aliphatic rings. The first-order valence-electron chi connectivity index (χ1n) is 4.53. The van der Waals surface area contributed by atoms with Crippen molar-refractivity contribution in [1.82, 2.24) is 0 Å². The summed E-state index contributed by atoms with van der Waals surface area (Å²) in [6, 6.07) is 0. The van der Waals surface area contributed by atoms with Gasteiger partial charge in [-0.3, -0.25) is 4.79 Å². The quantitative estimate of drug-likeness (QED) is 0.613. The van der Waals surface area contributed by atoms with Crippen LogP contribution in [0.3, 0.4) is 0 Å². The van der Waals surface area contributed by atoms with Gasteiger partial charge >= 0.3 is 0 Å². The molecule has 0 saturated heterocycles. The molecule has 0 N–H and O–H groups in total. The number of carbonyl (C=O) groups is 2. The van der Waals surface area contributed by atoms with Crippen LogP contribution in [-0.2, 0) is 9.59 Å². The normalized spacial score (nSPS) is 10.3. The van der Waals surface area contributed by atoms with Crippen LogP contribution in [0.4, 0.5) is 0 Å². The Kier molecular flexibility index (Phi) is 5.60. The summed E-state index contributed by atoms with van der Waals surface area (Å²) in [5.41, 5.74) is 0. The van der Waals surface area contributed by atoms with Crippen LogP contribution in [0.15, 0.2) is 0 Å². The van der Waals surface area contributed by atoms with E-state index in [9.17, 15) is 9.59 Å². The highest BCUT2D eigenvalue weighted by molar-refractivity contribution is 5.80. The fourth-order valence-corrected chi connectivity index (χ4v) is 1.09. The van der Waals surface area contributed by atoms with Gasteiger partial charge in [0.05, 0.1) is 0 Å². The first-order chi connectivity index (χ1) is 5.52. The number of carbonyl (C=O) groups excluding carboxylic acids is 2. The van der Waals surface area contributed by atoms with Crippen molar-refractivity contribution in [3.05, 3.63) is 0 Å². The predicted molar refractivity (Wildman–Crippen MR) is 49.0 cm³/mol. The summed E-state index contributed by atoms with van der Waals surface area (Å²) in [5.74, 6) is 0.897. The van der Waals surface area contributed by atoms with E-state index in [1.807, 2.05) is 13.8 Å². The SMILES string of the molecule is CC(=O)CCCC(=O)CC(C)C. The summed E-state index contributed by atoms with van der Waals surface area (Å²) in [6.07, 6.45) is 2.49. The minimum atomic E-state index is 0.173. The summed E-state index contributed by atoms with van der Waals surface area (Å²) in [7, 11) is 0. The molecule has 0 unspecified atom stereocenters. The van der Waals surface area contributed by atoms with E-state index in [2.05, 4.69) is 0 Å². The molecular formula is C10H18O2. The van der Waals surface area contributed by atoms with Gasteiger partial charge in [0.25, 0.3) is 0 Å². The van der Waals surface area contributed by atoms with Gasteiger partial charge < -0.3 is 4.79 Å². The van der Waals surface area contributed by atoms with E-state index in [-0.39, 0.29) is 11.6 Å². The molecule has 0 radical (unpaired) electrons. The molecule has 0 bridgehead atoms. The fourth-order valence-electron chi connectivity index (χ4n) is 1.09. The molecule has 0 aliphatic carbocycles. The first-order valence-corrected chi connectivity index (χ1v) is 4.53. The standard InChI is InChI=1S/C10H18O2/c1-8(2)7-10(12)6-4-5-9(3)11/h8H,4-7H2,1-3H3. The lowest BCUT2D eigenvalue weighted by Crippen LogP contribution is -2.03. The molecule has 0 spiro atoms. The van der Waals surface area contributed by atoms with Gasteiger partial charge in [-0.2, -0.15) is 0 Å². The average Bonchev–Trinajstić information content (AvgIpc) is 1.84. The molecule has 2 nitrogen and oxygen atoms in total. The van der Waals surface area contributed by atoms with Gasteiger partial charge in [0.2, 0.25) is 0 Å². The summed E-state index contributed by atoms with van der Waals surface area (Å²) < 4.78 is 0. The van der Waals surface area contributed by atoms with Crippen LogP contribution in [0.2, 0.25) is 0 Å². The number of Topliss-reactive ketones (excluding diaryl/α,β-unsaturated/α-hetero) is 2. The lowest BCUT2D eigenvalue weighted by Gasteiger charge is -2.02. The highest BCUT2D eigenvalue weighted by Gasteiger charge is 2.04. The maximum Gasteiger partial charge on any atom is 0.133 e. The molecule has 0 atom stereocenters. The lowest BCUT2D eigenvalue weighted by atomic mass is 10.0. The topological polar surface area (TPSA) is 34.1 Å². The Morgan fingerprint density at radius 1 is 1.17 bits per heavy atom. The molecule has 0 aromatic rings. The summed E-state index contributed by atoms with van der Waals surface area (Å²) in [4.78, 5) is 21.7. The van der Waals surface area contributed by atoms with Gasteiger partial charge in [-0.1, -0.05) is 13.8 Å². The second kappa shape index (κ2) is 5.92. The van der Waals surface area contributed by atoms with Gasteiger partial charge in [-0.15, -0.1) is 0 Å². The highest BCUT2D eigenvalue weighted by atomic mass is 16.1. The number of ketones is 2. The van der Waals surface area contributed by atoms with E-state index >= 15 is 0 Å². The van der Waals surface area contributed by atoms with E-state index in [4.69, 9.17) is 0 Å². The van der Waals surface area contributed by atoms with Crippen LogP contribution in [0.5, 0.6) is 0 Å². The van der Waals surface area contributed by atoms with Crippen molar-refractivity contribution in [2.45, 2.75) is 46.5 Å². The minimum absolute atomic E-state index is 0.173. The van der Waals surface area contributed by atoms with Crippen molar-refractivity contribution in [2.75, 3.05) is 0 Å². The zero-order valence-electron chi connectivity index (χ0n) is 8.22. The molecule has 0 amide bonds. The first kappa shape index (κ1) is 11.3. The summed E-state index contributed by atoms with van der Waals surface area (Å²) in [6.45, 7) is 5.62. The molecule has 0 aromatic carbocycles. The van der Waals surface area contributed by atoms with E-state index in [1.54, 1.807) is 6.92 Å². The Bertz CT molecular complexity index is 159. The zero-order valence-corrected chi connectivity index (χ0v) is 8.22. The number of hydrogen-bond donors (Lipinski definition) is 0. The average molecular weight is 170 g/mol. The maximum absolute atomic E-state index is 11.1. The molecular weight excluding hydrogens is 152 g/mol. The largest absolute Gasteiger partial charge is 0.300 e. The van der Waals surface area contributed by atoms with E-state index < -0.39 is 0 Å². The monoisotopic (exact) mass is 170 g/mol. The lowest BCUT2D eigenvalue weighted by molar-refractivity contribution is -0.120. The molecule has 2 heteroatoms. The Balaban J connectivity index is 3.38. The second-order valence-corrected chi connectivity index (χ2v) is 3.69. The molecule has 0 fully saturated rings. The van der Waals surface area contributed by atoms with Gasteiger partial charge in [0.15, 0.2) is 0 Å². The van der Waals surface area contributed by atoms with Gasteiger partial charge in [0.1, 0.15) is 11.6 Å². The van der Waals surface area contributed by atoms with Crippen molar-refractivity contribution < 1.29 is 9.59 Å². The second-order valence-electron chi connectivity index (χ2n) is 3.69. The van der Waals surface area contributed by atoms with Crippen LogP contribution in [0.1, 0.15) is 46.5 Å². The van der Waals surface area contributed by atoms with Gasteiger partial charge in [-0.05, 0) is 19.3 Å². The molecule has 0 heterocycles. The Morgan fingerprint density at radius 3 is 2.17 bits per heavy atom. The minimum Gasteiger partial charge on any atom is -0.300 e. The Hall–Kier alpha value is -0.660. The van der Waals surface area contributed by atoms with Gasteiger partial charge in [0, 0.05) is 19.3 Å². The maximum atomic E-state index is 11.1. The smallest absolute Gasteiger partial charge is 0.133 e. The third-order valence-electron chi connectivity index (χ3n) is 1.62. The molecule has 0 aromatic heterocycles. The van der Waals surface area contributed by atoms with Crippen LogP contribution in [-0.4, -0.2) is 11.6 Å². The third kappa shape index (κ3) is 7.45. The zero-order chi connectivity index (χ0) is 9.56. The van der Waals surface area contributed by atoms with E-state index in [0.717, 1.165) is 6.42 Å². The van der Waals surface area contributed by atoms with Crippen LogP contribution in [0.25, 0.3) is 0 Å². The third-order valence-corrected chi connectivity index (χ3v) is 1.62. The predicted octanol–water partition coefficient (Wildman–Crippen LogP) is 2.36.